The van der Waals surface area contributed by atoms with Gasteiger partial charge in [-0.25, -0.2) is 9.59 Å². The Hall–Kier alpha value is -4.33. The van der Waals surface area contributed by atoms with E-state index in [9.17, 15) is 9.59 Å². The van der Waals surface area contributed by atoms with Crippen LogP contribution in [0.3, 0.4) is 0 Å². The zero-order chi connectivity index (χ0) is 29.6. The van der Waals surface area contributed by atoms with Gasteiger partial charge in [0.25, 0.3) is 0 Å². The summed E-state index contributed by atoms with van der Waals surface area (Å²) in [4.78, 5) is 24.3. The molecule has 5 rings (SSSR count). The molecule has 0 amide bonds. The van der Waals surface area contributed by atoms with Crippen LogP contribution in [0, 0.1) is 0 Å². The van der Waals surface area contributed by atoms with E-state index in [1.165, 1.54) is 45.1 Å². The van der Waals surface area contributed by atoms with Crippen LogP contribution in [0.4, 0.5) is 11.4 Å². The molecule has 4 aromatic carbocycles. The molecular weight excluding hydrogens is 544 g/mol. The van der Waals surface area contributed by atoms with Gasteiger partial charge in [-0.15, -0.1) is 0 Å². The van der Waals surface area contributed by atoms with Crippen molar-refractivity contribution >= 4 is 35.1 Å². The first-order chi connectivity index (χ1) is 20.5. The molecule has 7 heteroatoms. The third kappa shape index (κ3) is 9.09. The van der Waals surface area contributed by atoms with Gasteiger partial charge < -0.3 is 20.4 Å². The van der Waals surface area contributed by atoms with Gasteiger partial charge in [-0.3, -0.25) is 0 Å². The molecule has 0 fully saturated rings. The monoisotopic (exact) mass is 580 g/mol. The van der Waals surface area contributed by atoms with Gasteiger partial charge in [0.2, 0.25) is 0 Å². The maximum atomic E-state index is 9.55. The van der Waals surface area contributed by atoms with Gasteiger partial charge in [0.05, 0.1) is 11.4 Å². The van der Waals surface area contributed by atoms with Gasteiger partial charge in [-0.2, -0.15) is 0 Å². The quantitative estimate of drug-likeness (QED) is 0.117. The van der Waals surface area contributed by atoms with E-state index < -0.39 is 11.9 Å². The highest BCUT2D eigenvalue weighted by Crippen LogP contribution is 2.47. The number of nitrogens with zero attached hydrogens (tertiary/aromatic N) is 1. The molecule has 1 heterocycles. The Labute approximate surface area is 251 Å². The predicted octanol–water partition coefficient (Wildman–Crippen LogP) is 7.59. The molecule has 0 aliphatic carbocycles. The van der Waals surface area contributed by atoms with E-state index in [4.69, 9.17) is 10.2 Å². The first-order valence-corrected chi connectivity index (χ1v) is 14.9. The van der Waals surface area contributed by atoms with Gasteiger partial charge in [-0.05, 0) is 67.7 Å². The van der Waals surface area contributed by atoms with Crippen molar-refractivity contribution in [3.8, 4) is 0 Å². The van der Waals surface area contributed by atoms with Crippen LogP contribution >= 0.6 is 11.8 Å². The van der Waals surface area contributed by atoms with E-state index in [0.29, 0.717) is 18.1 Å². The van der Waals surface area contributed by atoms with E-state index in [2.05, 4.69) is 119 Å². The third-order valence-corrected chi connectivity index (χ3v) is 8.03. The molecule has 0 saturated heterocycles. The molecule has 42 heavy (non-hydrogen) atoms. The fraction of sp³-hybridized carbons (Fsp3) is 0.200. The van der Waals surface area contributed by atoms with Crippen molar-refractivity contribution in [1.82, 2.24) is 5.32 Å². The third-order valence-electron chi connectivity index (χ3n) is 6.90. The molecule has 216 valence electrons. The number of hydrogen-bond donors (Lipinski definition) is 3. The van der Waals surface area contributed by atoms with Crippen LogP contribution in [0.25, 0.3) is 0 Å². The molecule has 0 unspecified atom stereocenters. The fourth-order valence-electron chi connectivity index (χ4n) is 4.95. The van der Waals surface area contributed by atoms with Crippen molar-refractivity contribution in [3.63, 3.8) is 0 Å². The summed E-state index contributed by atoms with van der Waals surface area (Å²) in [6.45, 7) is 3.13. The smallest absolute Gasteiger partial charge is 0.328 e. The number of benzene rings is 4. The van der Waals surface area contributed by atoms with Crippen LogP contribution in [0.1, 0.15) is 36.3 Å². The van der Waals surface area contributed by atoms with Crippen molar-refractivity contribution in [1.29, 1.82) is 0 Å². The van der Waals surface area contributed by atoms with Gasteiger partial charge in [0.15, 0.2) is 0 Å². The number of fused-ring (bicyclic) bond motifs is 2. The lowest BCUT2D eigenvalue weighted by Crippen LogP contribution is -2.24. The zero-order valence-corrected chi connectivity index (χ0v) is 24.2. The normalized spacial score (nSPS) is 11.9. The molecule has 0 aromatic heterocycles. The minimum Gasteiger partial charge on any atom is -0.478 e. The molecular formula is C35H36N2O4S. The predicted molar refractivity (Wildman–Crippen MR) is 170 cm³/mol. The van der Waals surface area contributed by atoms with E-state index in [0.717, 1.165) is 26.1 Å². The number of carboxylic acids is 2. The number of carboxylic acid groups (broad SMARTS) is 2. The molecule has 0 bridgehead atoms. The first-order valence-electron chi connectivity index (χ1n) is 14.1. The fourth-order valence-corrected chi connectivity index (χ4v) is 6.05. The summed E-state index contributed by atoms with van der Waals surface area (Å²) < 4.78 is 0. The Balaban J connectivity index is 0.000000446. The Morgan fingerprint density at radius 1 is 0.667 bits per heavy atom. The molecule has 1 aliphatic heterocycles. The second kappa shape index (κ2) is 16.2. The van der Waals surface area contributed by atoms with Crippen LogP contribution in [-0.4, -0.2) is 41.8 Å². The maximum Gasteiger partial charge on any atom is 0.328 e. The number of para-hydroxylation sites is 2. The second-order valence-electron chi connectivity index (χ2n) is 9.82. The molecule has 1 aliphatic rings. The lowest BCUT2D eigenvalue weighted by molar-refractivity contribution is -0.134. The summed E-state index contributed by atoms with van der Waals surface area (Å²) in [7, 11) is 0. The summed E-state index contributed by atoms with van der Waals surface area (Å²) in [6.07, 6.45) is 4.57. The summed E-state index contributed by atoms with van der Waals surface area (Å²) in [6, 6.07) is 39.4. The summed E-state index contributed by atoms with van der Waals surface area (Å²) in [5.41, 5.74) is 5.48. The molecule has 3 N–H and O–H groups in total. The number of unbranched alkanes of at least 4 members (excludes halogenated alkanes) is 1. The first kappa shape index (κ1) is 30.6. The number of nitrogens with one attached hydrogen (secondary N) is 1. The Kier molecular flexibility index (Phi) is 11.8. The average Bonchev–Trinajstić information content (AvgIpc) is 3.02. The highest BCUT2D eigenvalue weighted by atomic mass is 32.2. The Morgan fingerprint density at radius 2 is 1.14 bits per heavy atom. The van der Waals surface area contributed by atoms with Gasteiger partial charge in [0.1, 0.15) is 0 Å². The Bertz CT molecular complexity index is 1360. The highest BCUT2D eigenvalue weighted by molar-refractivity contribution is 7.99. The maximum absolute atomic E-state index is 9.55. The van der Waals surface area contributed by atoms with E-state index >= 15 is 0 Å². The standard InChI is InChI=1S/C31H32N2S.C4H4O4/c1-3-13-25(14-4-1)27(26-15-5-2-6-16-26)21-23-32-22-11-12-24-33-28-17-7-9-19-30(28)34-31-20-10-8-18-29(31)33;5-3(6)1-2-4(7)8/h1-10,13-20,27,32H,11-12,21-24H2;1-2H,(H,5,6)(H,7,8)/b;2-1-. The van der Waals surface area contributed by atoms with Gasteiger partial charge in [0, 0.05) is 34.4 Å². The van der Waals surface area contributed by atoms with E-state index in [1.807, 2.05) is 11.8 Å². The largest absolute Gasteiger partial charge is 0.478 e. The second-order valence-corrected chi connectivity index (χ2v) is 10.9. The van der Waals surface area contributed by atoms with E-state index in [-0.39, 0.29) is 0 Å². The number of rotatable bonds is 12. The number of aliphatic carboxylic acids is 2. The van der Waals surface area contributed by atoms with Crippen LogP contribution in [0.15, 0.2) is 131 Å². The summed E-state index contributed by atoms with van der Waals surface area (Å²) in [5, 5.41) is 19.3. The van der Waals surface area contributed by atoms with Gasteiger partial charge in [-0.1, -0.05) is 96.7 Å². The number of carbonyl (C=O) groups is 2. The molecule has 4 aromatic rings. The molecule has 6 nitrogen and oxygen atoms in total. The highest BCUT2D eigenvalue weighted by Gasteiger charge is 2.22. The van der Waals surface area contributed by atoms with Crippen LogP contribution < -0.4 is 10.2 Å². The number of anilines is 2. The SMILES string of the molecule is O=C(O)/C=C\C(=O)O.c1ccc(C(CCNCCCCN2c3ccccc3Sc3ccccc32)c2ccccc2)cc1. The average molecular weight is 581 g/mol. The molecule has 0 radical (unpaired) electrons. The van der Waals surface area contributed by atoms with Crippen molar-refractivity contribution < 1.29 is 19.8 Å². The summed E-state index contributed by atoms with van der Waals surface area (Å²) >= 11 is 1.88. The van der Waals surface area contributed by atoms with E-state index in [1.54, 1.807) is 0 Å². The van der Waals surface area contributed by atoms with Crippen LogP contribution in [0.5, 0.6) is 0 Å². The summed E-state index contributed by atoms with van der Waals surface area (Å²) in [5.74, 6) is -2.08. The van der Waals surface area contributed by atoms with Crippen molar-refractivity contribution in [2.45, 2.75) is 35.0 Å². The molecule has 0 atom stereocenters. The van der Waals surface area contributed by atoms with Crippen LogP contribution in [-0.2, 0) is 9.59 Å². The van der Waals surface area contributed by atoms with Gasteiger partial charge >= 0.3 is 11.9 Å². The van der Waals surface area contributed by atoms with Crippen molar-refractivity contribution in [2.75, 3.05) is 24.5 Å². The van der Waals surface area contributed by atoms with Crippen molar-refractivity contribution in [2.24, 2.45) is 0 Å². The lowest BCUT2D eigenvalue weighted by atomic mass is 9.88. The minimum atomic E-state index is -1.26. The van der Waals surface area contributed by atoms with Crippen LogP contribution in [0.2, 0.25) is 0 Å². The number of hydrogen-bond acceptors (Lipinski definition) is 5. The molecule has 0 spiro atoms. The topological polar surface area (TPSA) is 89.9 Å². The Morgan fingerprint density at radius 3 is 1.64 bits per heavy atom. The van der Waals surface area contributed by atoms with Crippen molar-refractivity contribution in [3.05, 3.63) is 132 Å². The zero-order valence-electron chi connectivity index (χ0n) is 23.4. The minimum absolute atomic E-state index is 0.439. The molecule has 0 saturated carbocycles. The lowest BCUT2D eigenvalue weighted by Gasteiger charge is -2.32.